The lowest BCUT2D eigenvalue weighted by Crippen LogP contribution is -2.11. The number of carbonyl (C=O) groups excluding carboxylic acids is 3. The molecule has 0 unspecified atom stereocenters. The Hall–Kier alpha value is -4.07. The third kappa shape index (κ3) is 4.49. The highest BCUT2D eigenvalue weighted by atomic mass is 16.5. The number of amides is 1. The van der Waals surface area contributed by atoms with Crippen molar-refractivity contribution in [2.45, 2.75) is 20.8 Å². The van der Waals surface area contributed by atoms with E-state index < -0.39 is 17.8 Å². The molecule has 1 heterocycles. The van der Waals surface area contributed by atoms with Crippen LogP contribution in [0, 0.1) is 6.92 Å². The second-order valence-electron chi connectivity index (χ2n) is 6.78. The highest BCUT2D eigenvalue weighted by molar-refractivity contribution is 6.16. The van der Waals surface area contributed by atoms with E-state index in [4.69, 9.17) is 9.47 Å². The van der Waals surface area contributed by atoms with Gasteiger partial charge in [0.1, 0.15) is 5.75 Å². The first-order valence-corrected chi connectivity index (χ1v) is 10.1. The van der Waals surface area contributed by atoms with Crippen molar-refractivity contribution in [2.24, 2.45) is 0 Å². The molecule has 2 aromatic carbocycles. The monoisotopic (exact) mass is 436 g/mol. The molecule has 3 aromatic rings. The third-order valence-corrected chi connectivity index (χ3v) is 4.75. The third-order valence-electron chi connectivity index (χ3n) is 4.75. The lowest BCUT2D eigenvalue weighted by atomic mass is 10.1. The number of aromatic nitrogens is 1. The molecule has 8 nitrogen and oxygen atoms in total. The first-order valence-electron chi connectivity index (χ1n) is 10.1. The van der Waals surface area contributed by atoms with E-state index in [9.17, 15) is 19.5 Å². The average Bonchev–Trinajstić information content (AvgIpc) is 3.07. The number of nitrogens with one attached hydrogen (secondary N) is 1. The first kappa shape index (κ1) is 22.6. The van der Waals surface area contributed by atoms with Gasteiger partial charge in [-0.1, -0.05) is 18.2 Å². The predicted octanol–water partition coefficient (Wildman–Crippen LogP) is 3.88. The summed E-state index contributed by atoms with van der Waals surface area (Å²) in [5.74, 6) is -2.14. The minimum Gasteiger partial charge on any atom is -0.506 e. The Morgan fingerprint density at radius 2 is 1.69 bits per heavy atom. The van der Waals surface area contributed by atoms with Gasteiger partial charge >= 0.3 is 11.9 Å². The number of benzene rings is 2. The van der Waals surface area contributed by atoms with Crippen molar-refractivity contribution in [3.8, 4) is 11.4 Å². The molecule has 0 saturated heterocycles. The fourth-order valence-electron chi connectivity index (χ4n) is 3.48. The van der Waals surface area contributed by atoms with E-state index in [1.165, 1.54) is 6.07 Å². The molecule has 3 rings (SSSR count). The van der Waals surface area contributed by atoms with Crippen LogP contribution in [-0.4, -0.2) is 40.7 Å². The number of phenolic OH excluding ortho intramolecular Hbond substituents is 1. The number of anilines is 1. The van der Waals surface area contributed by atoms with Crippen LogP contribution in [0.15, 0.2) is 54.6 Å². The normalized spacial score (nSPS) is 11.0. The van der Waals surface area contributed by atoms with Crippen LogP contribution in [0.5, 0.6) is 5.75 Å². The number of hydrogen-bond donors (Lipinski definition) is 2. The van der Waals surface area contributed by atoms with E-state index in [0.717, 1.165) is 17.8 Å². The molecular formula is C24H24N2O6. The van der Waals surface area contributed by atoms with E-state index in [0.29, 0.717) is 16.6 Å². The summed E-state index contributed by atoms with van der Waals surface area (Å²) in [5, 5.41) is 13.4. The minimum atomic E-state index is -0.666. The zero-order chi connectivity index (χ0) is 23.3. The van der Waals surface area contributed by atoms with Crippen LogP contribution in [0.3, 0.4) is 0 Å². The van der Waals surface area contributed by atoms with Gasteiger partial charge in [0.15, 0.2) is 0 Å². The topological polar surface area (TPSA) is 107 Å². The Bertz CT molecular complexity index is 1190. The SMILES string of the molecule is CCOC(=O)/C=C/C(=O)Nc1c(O)ccc2c1c(C(=O)OCC)c(C)n2-c1ccccc1. The van der Waals surface area contributed by atoms with Gasteiger partial charge in [0.05, 0.1) is 30.0 Å². The maximum Gasteiger partial charge on any atom is 0.340 e. The average molecular weight is 436 g/mol. The molecule has 8 heteroatoms. The molecule has 166 valence electrons. The van der Waals surface area contributed by atoms with Gasteiger partial charge < -0.3 is 24.5 Å². The number of ether oxygens (including phenoxy) is 2. The molecule has 1 aromatic heterocycles. The van der Waals surface area contributed by atoms with Crippen molar-refractivity contribution in [2.75, 3.05) is 18.5 Å². The van der Waals surface area contributed by atoms with Gasteiger partial charge in [-0.2, -0.15) is 0 Å². The zero-order valence-electron chi connectivity index (χ0n) is 18.0. The van der Waals surface area contributed by atoms with Crippen molar-refractivity contribution in [1.29, 1.82) is 0 Å². The molecule has 0 aliphatic rings. The number of phenols is 1. The van der Waals surface area contributed by atoms with E-state index in [-0.39, 0.29) is 30.2 Å². The van der Waals surface area contributed by atoms with Gasteiger partial charge in [-0.05, 0) is 45.0 Å². The summed E-state index contributed by atoms with van der Waals surface area (Å²) in [7, 11) is 0. The van der Waals surface area contributed by atoms with Gasteiger partial charge in [-0.3, -0.25) is 4.79 Å². The molecule has 0 spiro atoms. The van der Waals surface area contributed by atoms with Gasteiger partial charge in [0.2, 0.25) is 5.91 Å². The molecule has 32 heavy (non-hydrogen) atoms. The number of hydrogen-bond acceptors (Lipinski definition) is 6. The lowest BCUT2D eigenvalue weighted by molar-refractivity contribution is -0.137. The number of rotatable bonds is 7. The van der Waals surface area contributed by atoms with Crippen molar-refractivity contribution < 1.29 is 29.0 Å². The van der Waals surface area contributed by atoms with Gasteiger partial charge in [0.25, 0.3) is 0 Å². The molecule has 0 atom stereocenters. The molecule has 2 N–H and O–H groups in total. The maximum atomic E-state index is 12.9. The number of aromatic hydroxyl groups is 1. The summed E-state index contributed by atoms with van der Waals surface area (Å²) in [5.41, 5.74) is 2.26. The molecule has 0 fully saturated rings. The van der Waals surface area contributed by atoms with E-state index in [2.05, 4.69) is 5.32 Å². The lowest BCUT2D eigenvalue weighted by Gasteiger charge is -2.10. The Morgan fingerprint density at radius 3 is 2.34 bits per heavy atom. The standard InChI is InChI=1S/C24H24N2O6/c1-4-31-20(29)14-13-19(28)25-23-18(27)12-11-17-22(23)21(24(30)32-5-2)15(3)26(17)16-9-7-6-8-10-16/h6-14,27H,4-5H2,1-3H3,(H,25,28)/b14-13+. The summed E-state index contributed by atoms with van der Waals surface area (Å²) in [6.07, 6.45) is 1.99. The summed E-state index contributed by atoms with van der Waals surface area (Å²) >= 11 is 0. The van der Waals surface area contributed by atoms with Crippen molar-refractivity contribution in [3.63, 3.8) is 0 Å². The van der Waals surface area contributed by atoms with E-state index >= 15 is 0 Å². The maximum absolute atomic E-state index is 12.9. The molecule has 0 aliphatic heterocycles. The smallest absolute Gasteiger partial charge is 0.340 e. The van der Waals surface area contributed by atoms with E-state index in [1.807, 2.05) is 34.9 Å². The number of esters is 2. The van der Waals surface area contributed by atoms with Crippen LogP contribution >= 0.6 is 0 Å². The molecule has 1 amide bonds. The minimum absolute atomic E-state index is 0.0434. The highest BCUT2D eigenvalue weighted by Gasteiger charge is 2.26. The van der Waals surface area contributed by atoms with Crippen LogP contribution < -0.4 is 5.32 Å². The quantitative estimate of drug-likeness (QED) is 0.331. The molecule has 0 saturated carbocycles. The molecule has 0 aliphatic carbocycles. The Labute approximate surface area is 185 Å². The number of fused-ring (bicyclic) bond motifs is 1. The zero-order valence-corrected chi connectivity index (χ0v) is 18.0. The largest absolute Gasteiger partial charge is 0.506 e. The van der Waals surface area contributed by atoms with Crippen molar-refractivity contribution >= 4 is 34.4 Å². The fraction of sp³-hybridized carbons (Fsp3) is 0.208. The van der Waals surface area contributed by atoms with Crippen molar-refractivity contribution in [1.82, 2.24) is 4.57 Å². The summed E-state index contributed by atoms with van der Waals surface area (Å²) in [6.45, 7) is 5.47. The highest BCUT2D eigenvalue weighted by Crippen LogP contribution is 2.39. The Kier molecular flexibility index (Phi) is 6.94. The van der Waals surface area contributed by atoms with Gasteiger partial charge in [-0.25, -0.2) is 9.59 Å². The van der Waals surface area contributed by atoms with Crippen LogP contribution in [0.25, 0.3) is 16.6 Å². The van der Waals surface area contributed by atoms with Gasteiger partial charge in [-0.15, -0.1) is 0 Å². The first-order chi connectivity index (χ1) is 15.4. The number of para-hydroxylation sites is 1. The Balaban J connectivity index is 2.19. The molecular weight excluding hydrogens is 412 g/mol. The van der Waals surface area contributed by atoms with Gasteiger partial charge in [0, 0.05) is 28.9 Å². The second kappa shape index (κ2) is 9.82. The predicted molar refractivity (Wildman–Crippen MR) is 120 cm³/mol. The molecule has 0 radical (unpaired) electrons. The van der Waals surface area contributed by atoms with Crippen LogP contribution in [0.4, 0.5) is 5.69 Å². The Morgan fingerprint density at radius 1 is 1.00 bits per heavy atom. The van der Waals surface area contributed by atoms with E-state index in [1.54, 1.807) is 26.8 Å². The van der Waals surface area contributed by atoms with Crippen LogP contribution in [0.1, 0.15) is 29.9 Å². The number of carbonyl (C=O) groups is 3. The van der Waals surface area contributed by atoms with Crippen LogP contribution in [-0.2, 0) is 19.1 Å². The number of nitrogens with zero attached hydrogens (tertiary/aromatic N) is 1. The molecule has 0 bridgehead atoms. The summed E-state index contributed by atoms with van der Waals surface area (Å²) in [4.78, 5) is 36.8. The summed E-state index contributed by atoms with van der Waals surface area (Å²) in [6, 6.07) is 12.5. The second-order valence-corrected chi connectivity index (χ2v) is 6.78. The summed E-state index contributed by atoms with van der Waals surface area (Å²) < 4.78 is 11.9. The van der Waals surface area contributed by atoms with Crippen molar-refractivity contribution in [3.05, 3.63) is 65.9 Å². The fourth-order valence-corrected chi connectivity index (χ4v) is 3.48. The van der Waals surface area contributed by atoms with Crippen LogP contribution in [0.2, 0.25) is 0 Å².